The average molecular weight is 499 g/mol. The summed E-state index contributed by atoms with van der Waals surface area (Å²) in [5.74, 6) is -3.52. The van der Waals surface area contributed by atoms with E-state index in [1.807, 2.05) is 0 Å². The van der Waals surface area contributed by atoms with Crippen LogP contribution in [-0.4, -0.2) is 33.5 Å². The van der Waals surface area contributed by atoms with Crippen LogP contribution in [-0.2, 0) is 9.59 Å². The number of aromatic nitrogens is 2. The van der Waals surface area contributed by atoms with E-state index in [2.05, 4.69) is 25.7 Å². The van der Waals surface area contributed by atoms with Crippen molar-refractivity contribution in [2.75, 3.05) is 10.6 Å². The molecule has 37 heavy (non-hydrogen) atoms. The molecule has 0 unspecified atom stereocenters. The van der Waals surface area contributed by atoms with Crippen LogP contribution in [0.4, 0.5) is 17.1 Å². The molecule has 0 saturated carbocycles. The fraction of sp³-hybridized carbons (Fsp3) is 0.0800. The number of ketones is 1. The van der Waals surface area contributed by atoms with Crippen LogP contribution in [0, 0.1) is 5.53 Å². The number of Topliss-reactive ketones (excluding diaryl/α,β-unsaturated/α-hetero) is 1. The summed E-state index contributed by atoms with van der Waals surface area (Å²) in [5, 5.41) is 8.69. The number of benzene rings is 3. The van der Waals surface area contributed by atoms with Crippen molar-refractivity contribution in [1.29, 1.82) is 5.53 Å². The zero-order valence-corrected chi connectivity index (χ0v) is 19.4. The van der Waals surface area contributed by atoms with E-state index in [1.165, 1.54) is 49.4 Å². The zero-order chi connectivity index (χ0) is 26.7. The fourth-order valence-corrected chi connectivity index (χ4v) is 3.82. The number of hydrogen-bond donors (Lipinski definition) is 6. The van der Waals surface area contributed by atoms with E-state index >= 15 is 0 Å². The van der Waals surface area contributed by atoms with Crippen LogP contribution < -0.4 is 22.1 Å². The van der Waals surface area contributed by atoms with Crippen molar-refractivity contribution in [2.45, 2.75) is 12.8 Å². The van der Waals surface area contributed by atoms with E-state index in [1.54, 1.807) is 18.2 Å². The summed E-state index contributed by atoms with van der Waals surface area (Å²) in [6.45, 7) is 1.25. The van der Waals surface area contributed by atoms with Gasteiger partial charge in [0.05, 0.1) is 22.3 Å². The van der Waals surface area contributed by atoms with Crippen molar-refractivity contribution in [3.8, 4) is 0 Å². The number of anilines is 2. The van der Waals surface area contributed by atoms with E-state index in [9.17, 15) is 24.0 Å². The molecule has 4 rings (SSSR count). The smallest absolute Gasteiger partial charge is 0.323 e. The van der Waals surface area contributed by atoms with Crippen LogP contribution in [0.2, 0.25) is 0 Å². The van der Waals surface area contributed by atoms with Gasteiger partial charge in [-0.3, -0.25) is 19.2 Å². The Morgan fingerprint density at radius 3 is 2.22 bits per heavy atom. The van der Waals surface area contributed by atoms with Gasteiger partial charge < -0.3 is 26.3 Å². The Hall–Kier alpha value is -5.39. The summed E-state index contributed by atoms with van der Waals surface area (Å²) in [6.07, 6.45) is 0. The molecular formula is C25H21N7O5. The molecule has 0 aliphatic heterocycles. The second-order valence-corrected chi connectivity index (χ2v) is 8.16. The molecule has 0 fully saturated rings. The van der Waals surface area contributed by atoms with Crippen LogP contribution in [0.1, 0.15) is 39.1 Å². The standard InChI is InChI=1S/C25H21N7O5/c1-12(33)21(24(36)29-16-7-9-18-20(11-16)31-25(37)30-18)14-4-8-17(19(10-14)32-27)23(35)28-15-5-2-13(3-6-15)22(26)34/h2-11,21,27H,1H3,(H2,26,34)(H,28,35)(H,29,36)(H2,30,31,37)/t21-/m1/s1. The van der Waals surface area contributed by atoms with Gasteiger partial charge >= 0.3 is 5.69 Å². The molecule has 1 atom stereocenters. The second-order valence-electron chi connectivity index (χ2n) is 8.16. The number of carbonyl (C=O) groups excluding carboxylic acids is 4. The van der Waals surface area contributed by atoms with Gasteiger partial charge in [0.2, 0.25) is 11.8 Å². The third-order valence-electron chi connectivity index (χ3n) is 5.60. The first kappa shape index (κ1) is 24.7. The molecule has 0 aliphatic carbocycles. The summed E-state index contributed by atoms with van der Waals surface area (Å²) in [6, 6.07) is 14.8. The number of carbonyl (C=O) groups is 4. The highest BCUT2D eigenvalue weighted by Crippen LogP contribution is 2.28. The molecule has 0 bridgehead atoms. The third kappa shape index (κ3) is 5.32. The summed E-state index contributed by atoms with van der Waals surface area (Å²) in [7, 11) is 0. The Bertz CT molecular complexity index is 1620. The Labute approximate surface area is 208 Å². The van der Waals surface area contributed by atoms with Crippen molar-refractivity contribution in [2.24, 2.45) is 10.8 Å². The van der Waals surface area contributed by atoms with Gasteiger partial charge in [-0.1, -0.05) is 6.07 Å². The van der Waals surface area contributed by atoms with Gasteiger partial charge in [0, 0.05) is 16.9 Å². The third-order valence-corrected chi connectivity index (χ3v) is 5.60. The lowest BCUT2D eigenvalue weighted by Crippen LogP contribution is -2.26. The molecule has 186 valence electrons. The first-order valence-electron chi connectivity index (χ1n) is 10.9. The maximum absolute atomic E-state index is 13.0. The highest BCUT2D eigenvalue weighted by atomic mass is 16.2. The largest absolute Gasteiger partial charge is 0.366 e. The van der Waals surface area contributed by atoms with Crippen molar-refractivity contribution >= 4 is 51.6 Å². The number of amides is 3. The van der Waals surface area contributed by atoms with E-state index in [0.29, 0.717) is 22.4 Å². The molecular weight excluding hydrogens is 478 g/mol. The number of hydrogen-bond acceptors (Lipinski definition) is 7. The molecule has 1 heterocycles. The molecule has 0 radical (unpaired) electrons. The van der Waals surface area contributed by atoms with Crippen molar-refractivity contribution < 1.29 is 19.2 Å². The fourth-order valence-electron chi connectivity index (χ4n) is 3.82. The number of nitrogens with one attached hydrogen (secondary N) is 5. The summed E-state index contributed by atoms with van der Waals surface area (Å²) in [4.78, 5) is 66.1. The van der Waals surface area contributed by atoms with E-state index in [-0.39, 0.29) is 22.4 Å². The van der Waals surface area contributed by atoms with E-state index in [0.717, 1.165) is 0 Å². The topological polar surface area (TPSA) is 203 Å². The highest BCUT2D eigenvalue weighted by Gasteiger charge is 2.27. The van der Waals surface area contributed by atoms with Gasteiger partial charge in [-0.2, -0.15) is 5.11 Å². The molecule has 7 N–H and O–H groups in total. The van der Waals surface area contributed by atoms with Gasteiger partial charge in [-0.15, -0.1) is 0 Å². The van der Waals surface area contributed by atoms with Gasteiger partial charge in [0.15, 0.2) is 0 Å². The number of rotatable bonds is 8. The molecule has 3 aromatic carbocycles. The SMILES string of the molecule is CC(=O)[C@@H](C(=O)Nc1ccc2[nH]c(=O)[nH]c2c1)c1ccc(C(=O)Nc2ccc(C(N)=O)cc2)c(N=N)c1. The molecule has 4 aromatic rings. The number of aromatic amines is 2. The molecule has 12 nitrogen and oxygen atoms in total. The van der Waals surface area contributed by atoms with Crippen LogP contribution in [0.3, 0.4) is 0 Å². The minimum Gasteiger partial charge on any atom is -0.366 e. The van der Waals surface area contributed by atoms with Crippen LogP contribution in [0.25, 0.3) is 11.0 Å². The highest BCUT2D eigenvalue weighted by molar-refractivity contribution is 6.12. The first-order valence-corrected chi connectivity index (χ1v) is 10.9. The molecule has 0 saturated heterocycles. The summed E-state index contributed by atoms with van der Waals surface area (Å²) < 4.78 is 0. The Morgan fingerprint density at radius 2 is 1.57 bits per heavy atom. The Morgan fingerprint density at radius 1 is 0.892 bits per heavy atom. The van der Waals surface area contributed by atoms with Gasteiger partial charge in [0.25, 0.3) is 5.91 Å². The van der Waals surface area contributed by atoms with Crippen LogP contribution in [0.5, 0.6) is 0 Å². The maximum Gasteiger partial charge on any atom is 0.323 e. The predicted octanol–water partition coefficient (Wildman–Crippen LogP) is 3.18. The lowest BCUT2D eigenvalue weighted by molar-refractivity contribution is -0.126. The molecule has 12 heteroatoms. The normalized spacial score (nSPS) is 11.5. The van der Waals surface area contributed by atoms with Crippen molar-refractivity contribution in [1.82, 2.24) is 9.97 Å². The van der Waals surface area contributed by atoms with Crippen LogP contribution in [0.15, 0.2) is 70.6 Å². The van der Waals surface area contributed by atoms with Gasteiger partial charge in [-0.05, 0) is 67.1 Å². The summed E-state index contributed by atoms with van der Waals surface area (Å²) in [5.41, 5.74) is 14.7. The number of nitrogens with zero attached hydrogens (tertiary/aromatic N) is 1. The van der Waals surface area contributed by atoms with Gasteiger partial charge in [-0.25, -0.2) is 10.3 Å². The maximum atomic E-state index is 13.0. The Kier molecular flexibility index (Phi) is 6.73. The molecule has 0 aliphatic rings. The minimum absolute atomic E-state index is 0.0438. The number of imidazole rings is 1. The van der Waals surface area contributed by atoms with E-state index in [4.69, 9.17) is 11.3 Å². The molecule has 0 spiro atoms. The van der Waals surface area contributed by atoms with Crippen molar-refractivity contribution in [3.05, 3.63) is 87.8 Å². The first-order chi connectivity index (χ1) is 17.7. The second kappa shape index (κ2) is 10.1. The van der Waals surface area contributed by atoms with E-state index < -0.39 is 35.1 Å². The lowest BCUT2D eigenvalue weighted by Gasteiger charge is -2.16. The quantitative estimate of drug-likeness (QED) is 0.159. The monoisotopic (exact) mass is 499 g/mol. The minimum atomic E-state index is -1.24. The molecule has 3 amide bonds. The van der Waals surface area contributed by atoms with Gasteiger partial charge in [0.1, 0.15) is 11.7 Å². The van der Waals surface area contributed by atoms with Crippen LogP contribution >= 0.6 is 0 Å². The number of primary amides is 1. The number of nitrogens with two attached hydrogens (primary N) is 1. The van der Waals surface area contributed by atoms with Crippen molar-refractivity contribution in [3.63, 3.8) is 0 Å². The summed E-state index contributed by atoms with van der Waals surface area (Å²) >= 11 is 0. The molecule has 1 aromatic heterocycles. The lowest BCUT2D eigenvalue weighted by atomic mass is 9.92. The number of H-pyrrole nitrogens is 2. The number of fused-ring (bicyclic) bond motifs is 1. The zero-order valence-electron chi connectivity index (χ0n) is 19.4. The Balaban J connectivity index is 1.56. The predicted molar refractivity (Wildman–Crippen MR) is 135 cm³/mol. The average Bonchev–Trinajstić information content (AvgIpc) is 3.23.